The van der Waals surface area contributed by atoms with E-state index in [-0.39, 0.29) is 18.1 Å². The molecule has 1 N–H and O–H groups in total. The number of nitrogens with one attached hydrogen (secondary N) is 1. The molecule has 2 aliphatic heterocycles. The highest BCUT2D eigenvalue weighted by Gasteiger charge is 2.25. The van der Waals surface area contributed by atoms with Gasteiger partial charge in [0.2, 0.25) is 0 Å². The van der Waals surface area contributed by atoms with Gasteiger partial charge in [0.1, 0.15) is 35.9 Å². The van der Waals surface area contributed by atoms with Gasteiger partial charge in [-0.2, -0.15) is 0 Å². The number of aromatic nitrogens is 1. The zero-order chi connectivity index (χ0) is 23.9. The summed E-state index contributed by atoms with van der Waals surface area (Å²) in [6, 6.07) is 8.02. The molecule has 0 bridgehead atoms. The van der Waals surface area contributed by atoms with Crippen molar-refractivity contribution in [1.29, 1.82) is 0 Å². The molecule has 1 amide bonds. The Hall–Kier alpha value is -2.42. The van der Waals surface area contributed by atoms with Gasteiger partial charge in [-0.3, -0.25) is 9.69 Å². The van der Waals surface area contributed by atoms with Crippen molar-refractivity contribution in [3.63, 3.8) is 0 Å². The number of carbonyl (C=O) groups is 1. The Balaban J connectivity index is 1.58. The van der Waals surface area contributed by atoms with E-state index >= 15 is 0 Å². The van der Waals surface area contributed by atoms with E-state index in [4.69, 9.17) is 23.9 Å². The second-order valence-electron chi connectivity index (χ2n) is 9.35. The van der Waals surface area contributed by atoms with Gasteiger partial charge >= 0.3 is 0 Å². The van der Waals surface area contributed by atoms with E-state index in [9.17, 15) is 4.79 Å². The Kier molecular flexibility index (Phi) is 8.59. The minimum atomic E-state index is -0.192. The molecule has 2 fully saturated rings. The molecular weight excluding hydrogens is 434 g/mol. The summed E-state index contributed by atoms with van der Waals surface area (Å²) in [5, 5.41) is 4.00. The Morgan fingerprint density at radius 3 is 2.85 bits per heavy atom. The van der Waals surface area contributed by atoms with E-state index in [1.54, 1.807) is 13.2 Å². The van der Waals surface area contributed by atoms with E-state index in [1.165, 1.54) is 0 Å². The summed E-state index contributed by atoms with van der Waals surface area (Å²) >= 11 is 0. The Bertz CT molecular complexity index is 961. The highest BCUT2D eigenvalue weighted by molar-refractivity contribution is 5.98. The molecule has 0 aliphatic carbocycles. The van der Waals surface area contributed by atoms with Crippen molar-refractivity contribution < 1.29 is 23.7 Å². The molecule has 3 heterocycles. The number of ether oxygens (including phenoxy) is 4. The third kappa shape index (κ3) is 6.17. The average Bonchev–Trinajstić information content (AvgIpc) is 3.36. The van der Waals surface area contributed by atoms with Gasteiger partial charge in [0.25, 0.3) is 5.91 Å². The zero-order valence-corrected chi connectivity index (χ0v) is 20.5. The molecule has 0 saturated carbocycles. The van der Waals surface area contributed by atoms with Crippen molar-refractivity contribution in [2.75, 3.05) is 46.6 Å². The van der Waals surface area contributed by atoms with Gasteiger partial charge in [0.15, 0.2) is 0 Å². The first-order valence-electron chi connectivity index (χ1n) is 12.4. The van der Waals surface area contributed by atoms with Crippen LogP contribution in [0.15, 0.2) is 24.3 Å². The van der Waals surface area contributed by atoms with E-state index in [0.717, 1.165) is 50.8 Å². The van der Waals surface area contributed by atoms with Crippen molar-refractivity contribution in [3.05, 3.63) is 30.0 Å². The summed E-state index contributed by atoms with van der Waals surface area (Å²) in [6.45, 7) is 8.37. The molecule has 8 heteroatoms. The topological polar surface area (TPSA) is 82.2 Å². The van der Waals surface area contributed by atoms with Gasteiger partial charge in [-0.05, 0) is 58.2 Å². The molecule has 1 aromatic carbocycles. The number of fused-ring (bicyclic) bond motifs is 1. The van der Waals surface area contributed by atoms with E-state index < -0.39 is 0 Å². The van der Waals surface area contributed by atoms with Crippen LogP contribution in [-0.4, -0.2) is 80.6 Å². The van der Waals surface area contributed by atoms with Crippen molar-refractivity contribution in [2.24, 2.45) is 0 Å². The standard InChI is InChI=1S/C26H37N3O5/c1-18(2)29-11-5-7-19(16-29)27-26(30)22-15-24(33-14-13-31-3)21-9-4-10-23(25(21)28-22)34-17-20-8-6-12-32-20/h4,9-10,15,18-20H,5-8,11-14,16-17H2,1-3H3,(H,27,30)/t19-,20+/m1/s1. The molecule has 0 radical (unpaired) electrons. The van der Waals surface area contributed by atoms with Crippen molar-refractivity contribution >= 4 is 16.8 Å². The summed E-state index contributed by atoms with van der Waals surface area (Å²) in [5.41, 5.74) is 0.947. The molecule has 0 unspecified atom stereocenters. The lowest BCUT2D eigenvalue weighted by atomic mass is 10.0. The number of hydrogen-bond donors (Lipinski definition) is 1. The number of benzene rings is 1. The number of nitrogens with zero attached hydrogens (tertiary/aromatic N) is 2. The molecule has 4 rings (SSSR count). The number of hydrogen-bond acceptors (Lipinski definition) is 7. The van der Waals surface area contributed by atoms with E-state index in [0.29, 0.717) is 48.6 Å². The van der Waals surface area contributed by atoms with Gasteiger partial charge < -0.3 is 24.3 Å². The van der Waals surface area contributed by atoms with E-state index in [2.05, 4.69) is 24.1 Å². The van der Waals surface area contributed by atoms with Crippen LogP contribution in [0, 0.1) is 0 Å². The minimum absolute atomic E-state index is 0.0920. The molecule has 0 spiro atoms. The highest BCUT2D eigenvalue weighted by Crippen LogP contribution is 2.32. The average molecular weight is 472 g/mol. The predicted octanol–water partition coefficient (Wildman–Crippen LogP) is 3.42. The van der Waals surface area contributed by atoms with Gasteiger partial charge in [-0.25, -0.2) is 4.98 Å². The lowest BCUT2D eigenvalue weighted by Gasteiger charge is -2.35. The normalized spacial score (nSPS) is 21.2. The molecule has 2 saturated heterocycles. The zero-order valence-electron chi connectivity index (χ0n) is 20.5. The van der Waals surface area contributed by atoms with Crippen LogP contribution in [0.3, 0.4) is 0 Å². The van der Waals surface area contributed by atoms with Gasteiger partial charge in [-0.15, -0.1) is 0 Å². The van der Waals surface area contributed by atoms with E-state index in [1.807, 2.05) is 18.2 Å². The number of pyridine rings is 1. The SMILES string of the molecule is COCCOc1cc(C(=O)N[C@@H]2CCCN(C(C)C)C2)nc2c(OC[C@@H]3CCCO3)cccc12. The fourth-order valence-corrected chi connectivity index (χ4v) is 4.59. The smallest absolute Gasteiger partial charge is 0.270 e. The molecule has 34 heavy (non-hydrogen) atoms. The summed E-state index contributed by atoms with van der Waals surface area (Å²) in [4.78, 5) is 20.4. The number of rotatable bonds is 10. The summed E-state index contributed by atoms with van der Waals surface area (Å²) in [6.07, 6.45) is 4.18. The first-order chi connectivity index (χ1) is 16.5. The molecule has 2 atom stereocenters. The van der Waals surface area contributed by atoms with Gasteiger partial charge in [0.05, 0.1) is 12.7 Å². The monoisotopic (exact) mass is 471 g/mol. The van der Waals surface area contributed by atoms with Crippen LogP contribution in [0.25, 0.3) is 10.9 Å². The maximum Gasteiger partial charge on any atom is 0.270 e. The number of carbonyl (C=O) groups excluding carboxylic acids is 1. The molecule has 186 valence electrons. The van der Waals surface area contributed by atoms with Crippen LogP contribution in [0.2, 0.25) is 0 Å². The van der Waals surface area contributed by atoms with Crippen LogP contribution in [-0.2, 0) is 9.47 Å². The Morgan fingerprint density at radius 1 is 1.21 bits per heavy atom. The molecule has 2 aliphatic rings. The third-order valence-electron chi connectivity index (χ3n) is 6.51. The third-order valence-corrected chi connectivity index (χ3v) is 6.51. The Labute approximate surface area is 201 Å². The van der Waals surface area contributed by atoms with Crippen LogP contribution in [0.5, 0.6) is 11.5 Å². The second-order valence-corrected chi connectivity index (χ2v) is 9.35. The quantitative estimate of drug-likeness (QED) is 0.532. The largest absolute Gasteiger partial charge is 0.490 e. The predicted molar refractivity (Wildman–Crippen MR) is 131 cm³/mol. The lowest BCUT2D eigenvalue weighted by molar-refractivity contribution is 0.0684. The Morgan fingerprint density at radius 2 is 2.09 bits per heavy atom. The van der Waals surface area contributed by atoms with Gasteiger partial charge in [0, 0.05) is 43.8 Å². The van der Waals surface area contributed by atoms with Crippen LogP contribution in [0.4, 0.5) is 0 Å². The summed E-state index contributed by atoms with van der Waals surface area (Å²) < 4.78 is 22.9. The fraction of sp³-hybridized carbons (Fsp3) is 0.615. The van der Waals surface area contributed by atoms with Crippen molar-refractivity contribution in [3.8, 4) is 11.5 Å². The first kappa shape index (κ1) is 24.7. The molecule has 1 aromatic heterocycles. The van der Waals surface area contributed by atoms with Crippen LogP contribution in [0.1, 0.15) is 50.0 Å². The number of amides is 1. The fourth-order valence-electron chi connectivity index (χ4n) is 4.59. The maximum atomic E-state index is 13.3. The number of para-hydroxylation sites is 1. The number of methoxy groups -OCH3 is 1. The van der Waals surface area contributed by atoms with Crippen molar-refractivity contribution in [2.45, 2.75) is 57.7 Å². The molecule has 8 nitrogen and oxygen atoms in total. The van der Waals surface area contributed by atoms with Crippen molar-refractivity contribution in [1.82, 2.24) is 15.2 Å². The van der Waals surface area contributed by atoms with Crippen LogP contribution < -0.4 is 14.8 Å². The second kappa shape index (κ2) is 11.8. The minimum Gasteiger partial charge on any atom is -0.490 e. The summed E-state index contributed by atoms with van der Waals surface area (Å²) in [7, 11) is 1.63. The molecular formula is C26H37N3O5. The molecule has 2 aromatic rings. The maximum absolute atomic E-state index is 13.3. The first-order valence-corrected chi connectivity index (χ1v) is 12.4. The number of likely N-dealkylation sites (tertiary alicyclic amines) is 1. The summed E-state index contributed by atoms with van der Waals surface area (Å²) in [5.74, 6) is 1.04. The van der Waals surface area contributed by atoms with Gasteiger partial charge in [-0.1, -0.05) is 6.07 Å². The highest BCUT2D eigenvalue weighted by atomic mass is 16.5. The number of piperidine rings is 1. The lowest BCUT2D eigenvalue weighted by Crippen LogP contribution is -2.49. The van der Waals surface area contributed by atoms with Crippen LogP contribution >= 0.6 is 0 Å².